The lowest BCUT2D eigenvalue weighted by Crippen LogP contribution is -2.42. The van der Waals surface area contributed by atoms with Gasteiger partial charge in [0.1, 0.15) is 5.75 Å². The van der Waals surface area contributed by atoms with E-state index in [4.69, 9.17) is 10.00 Å². The summed E-state index contributed by atoms with van der Waals surface area (Å²) in [4.78, 5) is 12.8. The van der Waals surface area contributed by atoms with E-state index in [1.54, 1.807) is 24.3 Å². The number of hydrogen-bond acceptors (Lipinski definition) is 3. The van der Waals surface area contributed by atoms with Gasteiger partial charge in [-0.3, -0.25) is 4.79 Å². The van der Waals surface area contributed by atoms with Gasteiger partial charge in [-0.1, -0.05) is 51.9 Å². The number of carbonyl (C=O) groups excluding carboxylic acids is 1. The minimum absolute atomic E-state index is 0.0444. The predicted octanol–water partition coefficient (Wildman–Crippen LogP) is 7.68. The van der Waals surface area contributed by atoms with E-state index in [0.717, 1.165) is 36.5 Å². The van der Waals surface area contributed by atoms with Crippen molar-refractivity contribution >= 4 is 5.97 Å². The number of ether oxygens (including phenoxy) is 1. The van der Waals surface area contributed by atoms with Gasteiger partial charge in [0, 0.05) is 0 Å². The Kier molecular flexibility index (Phi) is 8.28. The summed E-state index contributed by atoms with van der Waals surface area (Å²) >= 11 is 0. The number of nitriles is 1. The largest absolute Gasteiger partial charge is 0.426 e. The van der Waals surface area contributed by atoms with E-state index >= 15 is 0 Å². The van der Waals surface area contributed by atoms with Gasteiger partial charge in [0.2, 0.25) is 0 Å². The van der Waals surface area contributed by atoms with Crippen LogP contribution in [0, 0.1) is 46.8 Å². The smallest absolute Gasteiger partial charge is 0.314 e. The van der Waals surface area contributed by atoms with Crippen molar-refractivity contribution in [3.8, 4) is 11.8 Å². The second kappa shape index (κ2) is 11.4. The molecule has 0 spiro atoms. The molecule has 0 amide bonds. The molecule has 3 aliphatic rings. The van der Waals surface area contributed by atoms with Crippen LogP contribution in [0.1, 0.15) is 102 Å². The van der Waals surface area contributed by atoms with E-state index in [9.17, 15) is 4.79 Å². The molecule has 3 heteroatoms. The molecule has 0 saturated heterocycles. The first-order valence-electron chi connectivity index (χ1n) is 13.4. The number of rotatable bonds is 8. The van der Waals surface area contributed by atoms with Crippen molar-refractivity contribution in [2.24, 2.45) is 35.5 Å². The van der Waals surface area contributed by atoms with Gasteiger partial charge in [0.05, 0.1) is 17.6 Å². The Hall–Kier alpha value is -1.82. The van der Waals surface area contributed by atoms with Crippen LogP contribution >= 0.6 is 0 Å². The number of carbonyl (C=O) groups is 1. The van der Waals surface area contributed by atoms with Gasteiger partial charge >= 0.3 is 5.97 Å². The molecule has 0 aliphatic heterocycles. The van der Waals surface area contributed by atoms with Crippen molar-refractivity contribution < 1.29 is 9.53 Å². The zero-order valence-corrected chi connectivity index (χ0v) is 19.9. The molecular formula is C29H41NO2. The summed E-state index contributed by atoms with van der Waals surface area (Å²) in [5, 5.41) is 8.93. The fourth-order valence-electron chi connectivity index (χ4n) is 7.20. The lowest BCUT2D eigenvalue weighted by atomic mass is 9.55. The molecule has 6 atom stereocenters. The molecule has 0 aromatic heterocycles. The van der Waals surface area contributed by atoms with Gasteiger partial charge in [-0.05, 0) is 98.8 Å². The zero-order valence-electron chi connectivity index (χ0n) is 19.9. The van der Waals surface area contributed by atoms with E-state index in [-0.39, 0.29) is 11.9 Å². The standard InChI is InChI=1S/C29H41NO2/c1-2-3-4-5-6-7-21-10-16-27-23(18-21)11-12-24-19-25(13-17-28(24)27)29(31)32-26-14-8-22(20-30)9-15-26/h8-9,14-15,21,23-25,27-28H,2-7,10-13,16-19H2,1H3/t21?,23?,24-,25-,27?,28+/m1/s1. The summed E-state index contributed by atoms with van der Waals surface area (Å²) < 4.78 is 5.67. The minimum atomic E-state index is -0.0675. The van der Waals surface area contributed by atoms with Gasteiger partial charge in [-0.25, -0.2) is 0 Å². The second-order valence-corrected chi connectivity index (χ2v) is 10.9. The molecule has 3 fully saturated rings. The van der Waals surface area contributed by atoms with Gasteiger partial charge in [-0.15, -0.1) is 0 Å². The van der Waals surface area contributed by atoms with Gasteiger partial charge in [-0.2, -0.15) is 5.26 Å². The topological polar surface area (TPSA) is 50.1 Å². The Morgan fingerprint density at radius 1 is 0.906 bits per heavy atom. The number of esters is 1. The normalized spacial score (nSPS) is 31.8. The van der Waals surface area contributed by atoms with Gasteiger partial charge in [0.15, 0.2) is 0 Å². The van der Waals surface area contributed by atoms with Crippen LogP contribution < -0.4 is 4.74 Å². The molecule has 0 heterocycles. The molecule has 32 heavy (non-hydrogen) atoms. The first kappa shape index (κ1) is 23.3. The van der Waals surface area contributed by atoms with Crippen molar-refractivity contribution in [3.05, 3.63) is 29.8 Å². The Bertz CT molecular complexity index is 779. The highest BCUT2D eigenvalue weighted by atomic mass is 16.5. The van der Waals surface area contributed by atoms with Crippen molar-refractivity contribution in [1.29, 1.82) is 5.26 Å². The number of fused-ring (bicyclic) bond motifs is 3. The number of benzene rings is 1. The zero-order chi connectivity index (χ0) is 22.3. The van der Waals surface area contributed by atoms with Gasteiger partial charge in [0.25, 0.3) is 0 Å². The Labute approximate surface area is 194 Å². The quantitative estimate of drug-likeness (QED) is 0.239. The van der Waals surface area contributed by atoms with E-state index in [0.29, 0.717) is 17.2 Å². The maximum Gasteiger partial charge on any atom is 0.314 e. The molecule has 3 aliphatic carbocycles. The third-order valence-electron chi connectivity index (χ3n) is 8.90. The van der Waals surface area contributed by atoms with Crippen molar-refractivity contribution in [2.75, 3.05) is 0 Å². The fraction of sp³-hybridized carbons (Fsp3) is 0.724. The van der Waals surface area contributed by atoms with E-state index < -0.39 is 0 Å². The monoisotopic (exact) mass is 435 g/mol. The first-order chi connectivity index (χ1) is 15.7. The van der Waals surface area contributed by atoms with Crippen LogP contribution in [0.4, 0.5) is 0 Å². The fourth-order valence-corrected chi connectivity index (χ4v) is 7.20. The summed E-state index contributed by atoms with van der Waals surface area (Å²) in [5.74, 6) is 4.95. The minimum Gasteiger partial charge on any atom is -0.426 e. The molecule has 0 radical (unpaired) electrons. The Morgan fingerprint density at radius 3 is 2.31 bits per heavy atom. The first-order valence-corrected chi connectivity index (χ1v) is 13.4. The molecule has 3 nitrogen and oxygen atoms in total. The van der Waals surface area contributed by atoms with E-state index in [2.05, 4.69) is 13.0 Å². The lowest BCUT2D eigenvalue weighted by Gasteiger charge is -2.50. The number of nitrogens with zero attached hydrogens (tertiary/aromatic N) is 1. The molecule has 3 saturated carbocycles. The predicted molar refractivity (Wildman–Crippen MR) is 128 cm³/mol. The molecule has 3 unspecified atom stereocenters. The number of unbranched alkanes of at least 4 members (excludes halogenated alkanes) is 4. The Morgan fingerprint density at radius 2 is 1.59 bits per heavy atom. The van der Waals surface area contributed by atoms with Crippen molar-refractivity contribution in [1.82, 2.24) is 0 Å². The van der Waals surface area contributed by atoms with Crippen molar-refractivity contribution in [2.45, 2.75) is 96.8 Å². The summed E-state index contributed by atoms with van der Waals surface area (Å²) in [6.07, 6.45) is 18.8. The summed E-state index contributed by atoms with van der Waals surface area (Å²) in [6.45, 7) is 2.30. The summed E-state index contributed by atoms with van der Waals surface area (Å²) in [7, 11) is 0. The van der Waals surface area contributed by atoms with Crippen LogP contribution in [0.3, 0.4) is 0 Å². The maximum atomic E-state index is 12.8. The molecule has 1 aromatic rings. The van der Waals surface area contributed by atoms with E-state index in [1.165, 1.54) is 77.0 Å². The maximum absolute atomic E-state index is 12.8. The molecular weight excluding hydrogens is 394 g/mol. The molecule has 0 bridgehead atoms. The average molecular weight is 436 g/mol. The SMILES string of the molecule is CCCCCCCC1CCC2C(CC[C@@H]3C[C@H](C(=O)Oc4ccc(C#N)cc4)CC[C@H]23)C1. The van der Waals surface area contributed by atoms with Crippen LogP contribution in [-0.4, -0.2) is 5.97 Å². The lowest BCUT2D eigenvalue weighted by molar-refractivity contribution is -0.142. The van der Waals surface area contributed by atoms with Crippen LogP contribution in [0.2, 0.25) is 0 Å². The molecule has 1 aromatic carbocycles. The summed E-state index contributed by atoms with van der Waals surface area (Å²) in [5.41, 5.74) is 0.591. The van der Waals surface area contributed by atoms with Gasteiger partial charge < -0.3 is 4.74 Å². The average Bonchev–Trinajstić information content (AvgIpc) is 2.83. The number of hydrogen-bond donors (Lipinski definition) is 0. The van der Waals surface area contributed by atoms with Crippen LogP contribution in [0.25, 0.3) is 0 Å². The van der Waals surface area contributed by atoms with Crippen LogP contribution in [-0.2, 0) is 4.79 Å². The highest BCUT2D eigenvalue weighted by Gasteiger charge is 2.45. The summed E-state index contributed by atoms with van der Waals surface area (Å²) in [6, 6.07) is 8.99. The third-order valence-corrected chi connectivity index (χ3v) is 8.90. The Balaban J connectivity index is 1.24. The third kappa shape index (κ3) is 5.75. The van der Waals surface area contributed by atoms with E-state index in [1.807, 2.05) is 0 Å². The van der Waals surface area contributed by atoms with Crippen LogP contribution in [0.15, 0.2) is 24.3 Å². The molecule has 0 N–H and O–H groups in total. The molecule has 174 valence electrons. The van der Waals surface area contributed by atoms with Crippen LogP contribution in [0.5, 0.6) is 5.75 Å². The second-order valence-electron chi connectivity index (χ2n) is 10.9. The highest BCUT2D eigenvalue weighted by molar-refractivity contribution is 5.75. The highest BCUT2D eigenvalue weighted by Crippen LogP contribution is 2.54. The molecule has 4 rings (SSSR count). The van der Waals surface area contributed by atoms with Crippen molar-refractivity contribution in [3.63, 3.8) is 0 Å².